The first-order valence-electron chi connectivity index (χ1n) is 9.48. The second-order valence-corrected chi connectivity index (χ2v) is 6.81. The summed E-state index contributed by atoms with van der Waals surface area (Å²) in [6.45, 7) is 3.59. The van der Waals surface area contributed by atoms with E-state index in [1.165, 1.54) is 0 Å². The van der Waals surface area contributed by atoms with Crippen molar-refractivity contribution in [3.63, 3.8) is 0 Å². The van der Waals surface area contributed by atoms with Crippen molar-refractivity contribution in [2.24, 2.45) is 0 Å². The van der Waals surface area contributed by atoms with Crippen LogP contribution in [0.3, 0.4) is 0 Å². The maximum Gasteiger partial charge on any atom is 0.158 e. The molecule has 0 aliphatic heterocycles. The number of rotatable bonds is 6. The maximum absolute atomic E-state index is 7.30. The van der Waals surface area contributed by atoms with E-state index in [0.29, 0.717) is 22.3 Å². The maximum atomic E-state index is 7.30. The summed E-state index contributed by atoms with van der Waals surface area (Å²) < 4.78 is 32.5. The van der Waals surface area contributed by atoms with E-state index in [9.17, 15) is 0 Å². The quantitative estimate of drug-likeness (QED) is 0.696. The van der Waals surface area contributed by atoms with Crippen molar-refractivity contribution in [3.8, 4) is 17.0 Å². The van der Waals surface area contributed by atoms with Crippen LogP contribution in [0, 0.1) is 0 Å². The number of nitrogens with zero attached hydrogens (tertiary/aromatic N) is 3. The number of anilines is 1. The van der Waals surface area contributed by atoms with Gasteiger partial charge in [-0.15, -0.1) is 10.2 Å². The van der Waals surface area contributed by atoms with Crippen LogP contribution in [0.25, 0.3) is 22.0 Å². The van der Waals surface area contributed by atoms with E-state index in [0.717, 1.165) is 16.3 Å². The monoisotopic (exact) mass is 375 g/mol. The van der Waals surface area contributed by atoms with E-state index in [2.05, 4.69) is 20.5 Å². The number of fused-ring (bicyclic) bond motifs is 1. The molecular formula is C19H21ClN4O2. The van der Waals surface area contributed by atoms with Crippen LogP contribution in [0.5, 0.6) is 5.75 Å². The van der Waals surface area contributed by atoms with Gasteiger partial charge in [0.2, 0.25) is 0 Å². The van der Waals surface area contributed by atoms with Crippen molar-refractivity contribution in [2.75, 3.05) is 26.0 Å². The highest BCUT2D eigenvalue weighted by Crippen LogP contribution is 2.36. The van der Waals surface area contributed by atoms with Crippen LogP contribution < -0.4 is 10.1 Å². The van der Waals surface area contributed by atoms with Crippen LogP contribution in [0.15, 0.2) is 36.7 Å². The summed E-state index contributed by atoms with van der Waals surface area (Å²) in [6, 6.07) is 7.13. The van der Waals surface area contributed by atoms with Crippen LogP contribution in [0.1, 0.15) is 18.0 Å². The van der Waals surface area contributed by atoms with Gasteiger partial charge in [-0.05, 0) is 38.1 Å². The molecule has 0 fully saturated rings. The molecule has 136 valence electrons. The largest absolute Gasteiger partial charge is 0.496 e. The van der Waals surface area contributed by atoms with Gasteiger partial charge in [-0.1, -0.05) is 11.6 Å². The van der Waals surface area contributed by atoms with Crippen molar-refractivity contribution >= 4 is 28.2 Å². The van der Waals surface area contributed by atoms with E-state index in [-0.39, 0.29) is 6.54 Å². The molecule has 0 amide bonds. The number of benzene rings is 1. The fourth-order valence-corrected chi connectivity index (χ4v) is 2.68. The Morgan fingerprint density at radius 1 is 1.23 bits per heavy atom. The Labute approximate surface area is 161 Å². The van der Waals surface area contributed by atoms with Gasteiger partial charge in [-0.25, -0.2) is 0 Å². The summed E-state index contributed by atoms with van der Waals surface area (Å²) in [5.41, 5.74) is 0.428. The average Bonchev–Trinajstić information content (AvgIpc) is 2.64. The van der Waals surface area contributed by atoms with E-state index in [1.54, 1.807) is 45.5 Å². The average molecular weight is 376 g/mol. The fraction of sp³-hybridized carbons (Fsp3) is 0.316. The predicted octanol–water partition coefficient (Wildman–Crippen LogP) is 4.19. The minimum atomic E-state index is -2.49. The second kappa shape index (κ2) is 7.43. The molecule has 0 bridgehead atoms. The first-order chi connectivity index (χ1) is 13.6. The third-order valence-corrected chi connectivity index (χ3v) is 4.19. The number of hydrogen-bond acceptors (Lipinski definition) is 6. The van der Waals surface area contributed by atoms with E-state index in [4.69, 9.17) is 25.2 Å². The molecule has 26 heavy (non-hydrogen) atoms. The molecule has 1 aromatic carbocycles. The number of nitrogens with one attached hydrogen (secondary N) is 1. The van der Waals surface area contributed by atoms with Crippen molar-refractivity contribution in [2.45, 2.75) is 19.4 Å². The molecule has 3 rings (SSSR count). The zero-order valence-corrected chi connectivity index (χ0v) is 15.5. The summed E-state index contributed by atoms with van der Waals surface area (Å²) in [5, 5.41) is 13.9. The van der Waals surface area contributed by atoms with Gasteiger partial charge >= 0.3 is 0 Å². The minimum absolute atomic E-state index is 0.216. The van der Waals surface area contributed by atoms with Gasteiger partial charge in [0.25, 0.3) is 0 Å². The molecule has 0 atom stereocenters. The Hall–Kier alpha value is -2.44. The molecule has 3 aromatic rings. The van der Waals surface area contributed by atoms with Gasteiger partial charge in [0.05, 0.1) is 16.8 Å². The Bertz CT molecular complexity index is 1030. The molecule has 0 radical (unpaired) electrons. The standard InChI is InChI=1S/C19H21ClN4O2/c1-19(2,26-4)11-22-18-15-10-21-8-7-13(15)17(23-24-18)14-6-5-12(20)9-16(14)25-3/h5-10H,11H2,1-4H3,(H,22,24)/i4D3. The van der Waals surface area contributed by atoms with Crippen LogP contribution in [-0.2, 0) is 4.74 Å². The number of ether oxygens (including phenoxy) is 2. The third kappa shape index (κ3) is 3.71. The molecule has 7 heteroatoms. The number of halogens is 1. The van der Waals surface area contributed by atoms with Crippen molar-refractivity contribution in [1.82, 2.24) is 15.2 Å². The summed E-state index contributed by atoms with van der Waals surface area (Å²) in [7, 11) is -0.926. The summed E-state index contributed by atoms with van der Waals surface area (Å²) in [5.74, 6) is 1.06. The Balaban J connectivity index is 1.99. The lowest BCUT2D eigenvalue weighted by molar-refractivity contribution is 0.0343. The smallest absolute Gasteiger partial charge is 0.158 e. The molecule has 0 saturated heterocycles. The number of methoxy groups -OCH3 is 2. The highest BCUT2D eigenvalue weighted by atomic mass is 35.5. The fourth-order valence-electron chi connectivity index (χ4n) is 2.52. The molecule has 2 heterocycles. The third-order valence-electron chi connectivity index (χ3n) is 3.96. The van der Waals surface area contributed by atoms with Gasteiger partial charge in [0.1, 0.15) is 11.4 Å². The zero-order chi connectivity index (χ0) is 21.2. The van der Waals surface area contributed by atoms with E-state index in [1.807, 2.05) is 12.1 Å². The van der Waals surface area contributed by atoms with E-state index >= 15 is 0 Å². The van der Waals surface area contributed by atoms with Crippen LogP contribution in [-0.4, -0.2) is 41.5 Å². The number of hydrogen-bond donors (Lipinski definition) is 1. The molecule has 0 spiro atoms. The molecule has 1 N–H and O–H groups in total. The van der Waals surface area contributed by atoms with Gasteiger partial charge in [-0.2, -0.15) is 0 Å². The van der Waals surface area contributed by atoms with Gasteiger partial charge in [0.15, 0.2) is 5.82 Å². The van der Waals surface area contributed by atoms with Gasteiger partial charge in [-0.3, -0.25) is 4.98 Å². The van der Waals surface area contributed by atoms with Crippen LogP contribution in [0.2, 0.25) is 5.02 Å². The summed E-state index contributed by atoms with van der Waals surface area (Å²) >= 11 is 6.07. The van der Waals surface area contributed by atoms with Crippen molar-refractivity contribution < 1.29 is 13.6 Å². The van der Waals surface area contributed by atoms with Crippen molar-refractivity contribution in [1.29, 1.82) is 0 Å². The molecule has 0 saturated carbocycles. The van der Waals surface area contributed by atoms with Crippen LogP contribution >= 0.6 is 11.6 Å². The zero-order valence-electron chi connectivity index (χ0n) is 17.7. The SMILES string of the molecule is [2H]C([2H])([2H])OC(C)(C)CNc1nnc(-c2ccc(Cl)cc2OC)c2ccncc12. The second-order valence-electron chi connectivity index (χ2n) is 6.38. The highest BCUT2D eigenvalue weighted by Gasteiger charge is 2.19. The Morgan fingerprint density at radius 3 is 2.85 bits per heavy atom. The first-order valence-corrected chi connectivity index (χ1v) is 8.36. The molecule has 0 aliphatic carbocycles. The summed E-state index contributed by atoms with van der Waals surface area (Å²) in [6.07, 6.45) is 3.34. The number of aromatic nitrogens is 3. The predicted molar refractivity (Wildman–Crippen MR) is 104 cm³/mol. The lowest BCUT2D eigenvalue weighted by Crippen LogP contribution is -2.32. The molecular weight excluding hydrogens is 352 g/mol. The Morgan fingerprint density at radius 2 is 2.08 bits per heavy atom. The minimum Gasteiger partial charge on any atom is -0.496 e. The van der Waals surface area contributed by atoms with Crippen molar-refractivity contribution in [3.05, 3.63) is 41.7 Å². The highest BCUT2D eigenvalue weighted by molar-refractivity contribution is 6.30. The summed E-state index contributed by atoms with van der Waals surface area (Å²) in [4.78, 5) is 4.19. The molecule has 2 aromatic heterocycles. The Kier molecular flexibility index (Phi) is 4.20. The lowest BCUT2D eigenvalue weighted by atomic mass is 10.0. The lowest BCUT2D eigenvalue weighted by Gasteiger charge is -2.23. The van der Waals surface area contributed by atoms with Gasteiger partial charge < -0.3 is 14.8 Å². The first kappa shape index (κ1) is 14.7. The topological polar surface area (TPSA) is 69.2 Å². The number of pyridine rings is 1. The van der Waals surface area contributed by atoms with Crippen LogP contribution in [0.4, 0.5) is 5.82 Å². The molecule has 6 nitrogen and oxygen atoms in total. The normalized spacial score (nSPS) is 13.8. The molecule has 0 aliphatic rings. The van der Waals surface area contributed by atoms with Gasteiger partial charge in [0, 0.05) is 47.3 Å². The van der Waals surface area contributed by atoms with E-state index < -0.39 is 12.6 Å². The molecule has 0 unspecified atom stereocenters.